The van der Waals surface area contributed by atoms with Crippen LogP contribution in [0.25, 0.3) is 0 Å². The Morgan fingerprint density at radius 1 is 1.35 bits per heavy atom. The molecule has 0 spiro atoms. The number of nitrogens with one attached hydrogen (secondary N) is 1. The van der Waals surface area contributed by atoms with Gasteiger partial charge in [-0.15, -0.1) is 0 Å². The van der Waals surface area contributed by atoms with Crippen molar-refractivity contribution in [3.63, 3.8) is 0 Å². The van der Waals surface area contributed by atoms with Crippen LogP contribution in [0.4, 0.5) is 4.39 Å². The zero-order chi connectivity index (χ0) is 12.7. The molecule has 0 amide bonds. The fraction of sp³-hybridized carbons (Fsp3) is 0.571. The molecule has 0 fully saturated rings. The standard InChI is InChI=1S/C14H21ClFN/c1-3-7-17-10-11(4-2)8-12-5-6-13(16)9-14(12)15/h5-6,9,11,17H,3-4,7-8,10H2,1-2H3. The van der Waals surface area contributed by atoms with Crippen LogP contribution < -0.4 is 5.32 Å². The Balaban J connectivity index is 2.54. The van der Waals surface area contributed by atoms with Gasteiger partial charge in [0.25, 0.3) is 0 Å². The van der Waals surface area contributed by atoms with Crippen LogP contribution in [-0.4, -0.2) is 13.1 Å². The molecular weight excluding hydrogens is 237 g/mol. The third-order valence-electron chi connectivity index (χ3n) is 2.96. The summed E-state index contributed by atoms with van der Waals surface area (Å²) < 4.78 is 12.9. The van der Waals surface area contributed by atoms with Gasteiger partial charge in [-0.2, -0.15) is 0 Å². The summed E-state index contributed by atoms with van der Waals surface area (Å²) in [6.45, 7) is 6.38. The predicted octanol–water partition coefficient (Wildman–Crippen LogP) is 4.05. The Hall–Kier alpha value is -0.600. The second-order valence-corrected chi connectivity index (χ2v) is 4.83. The van der Waals surface area contributed by atoms with Gasteiger partial charge in [0.1, 0.15) is 5.82 Å². The van der Waals surface area contributed by atoms with Gasteiger partial charge in [0, 0.05) is 5.02 Å². The van der Waals surface area contributed by atoms with Crippen molar-refractivity contribution in [1.82, 2.24) is 5.32 Å². The lowest BCUT2D eigenvalue weighted by molar-refractivity contribution is 0.460. The molecule has 3 heteroatoms. The molecule has 96 valence electrons. The smallest absolute Gasteiger partial charge is 0.124 e. The van der Waals surface area contributed by atoms with E-state index in [2.05, 4.69) is 19.2 Å². The van der Waals surface area contributed by atoms with Crippen molar-refractivity contribution in [2.45, 2.75) is 33.1 Å². The minimum Gasteiger partial charge on any atom is -0.316 e. The minimum atomic E-state index is -0.268. The Bertz CT molecular complexity index is 341. The zero-order valence-electron chi connectivity index (χ0n) is 10.6. The van der Waals surface area contributed by atoms with Gasteiger partial charge in [0.2, 0.25) is 0 Å². The first-order valence-electron chi connectivity index (χ1n) is 6.32. The second-order valence-electron chi connectivity index (χ2n) is 4.42. The molecule has 1 rings (SSSR count). The van der Waals surface area contributed by atoms with Crippen LogP contribution >= 0.6 is 11.6 Å². The molecule has 0 aliphatic carbocycles. The summed E-state index contributed by atoms with van der Waals surface area (Å²) in [5.41, 5.74) is 1.04. The molecule has 0 aliphatic heterocycles. The van der Waals surface area contributed by atoms with Crippen LogP contribution in [0.1, 0.15) is 32.3 Å². The first-order valence-corrected chi connectivity index (χ1v) is 6.69. The van der Waals surface area contributed by atoms with E-state index in [0.29, 0.717) is 10.9 Å². The van der Waals surface area contributed by atoms with Crippen molar-refractivity contribution in [3.8, 4) is 0 Å². The van der Waals surface area contributed by atoms with Crippen molar-refractivity contribution < 1.29 is 4.39 Å². The van der Waals surface area contributed by atoms with Gasteiger partial charge in [-0.05, 0) is 49.5 Å². The molecule has 1 aromatic rings. The van der Waals surface area contributed by atoms with Crippen molar-refractivity contribution in [1.29, 1.82) is 0 Å². The van der Waals surface area contributed by atoms with Gasteiger partial charge < -0.3 is 5.32 Å². The van der Waals surface area contributed by atoms with E-state index >= 15 is 0 Å². The van der Waals surface area contributed by atoms with Gasteiger partial charge in [0.05, 0.1) is 0 Å². The minimum absolute atomic E-state index is 0.268. The Morgan fingerprint density at radius 3 is 2.71 bits per heavy atom. The molecule has 1 unspecified atom stereocenters. The molecule has 0 saturated heterocycles. The van der Waals surface area contributed by atoms with Crippen LogP contribution in [0, 0.1) is 11.7 Å². The van der Waals surface area contributed by atoms with E-state index in [0.717, 1.165) is 37.9 Å². The molecule has 1 nitrogen and oxygen atoms in total. The SMILES string of the molecule is CCCNCC(CC)Cc1ccc(F)cc1Cl. The van der Waals surface area contributed by atoms with Crippen LogP contribution in [0.5, 0.6) is 0 Å². The highest BCUT2D eigenvalue weighted by Gasteiger charge is 2.10. The molecule has 1 atom stereocenters. The maximum absolute atomic E-state index is 12.9. The van der Waals surface area contributed by atoms with Gasteiger partial charge in [-0.25, -0.2) is 4.39 Å². The normalized spacial score (nSPS) is 12.7. The first-order chi connectivity index (χ1) is 8.17. The van der Waals surface area contributed by atoms with Crippen LogP contribution in [0.2, 0.25) is 5.02 Å². The summed E-state index contributed by atoms with van der Waals surface area (Å²) in [4.78, 5) is 0. The Morgan fingerprint density at radius 2 is 2.12 bits per heavy atom. The fourth-order valence-corrected chi connectivity index (χ4v) is 2.09. The summed E-state index contributed by atoms with van der Waals surface area (Å²) in [7, 11) is 0. The highest BCUT2D eigenvalue weighted by atomic mass is 35.5. The van der Waals surface area contributed by atoms with E-state index in [1.165, 1.54) is 12.1 Å². The molecule has 0 radical (unpaired) electrons. The topological polar surface area (TPSA) is 12.0 Å². The number of hydrogen-bond donors (Lipinski definition) is 1. The largest absolute Gasteiger partial charge is 0.316 e. The van der Waals surface area contributed by atoms with E-state index in [9.17, 15) is 4.39 Å². The van der Waals surface area contributed by atoms with Crippen LogP contribution in [0.3, 0.4) is 0 Å². The molecule has 0 saturated carbocycles. The maximum Gasteiger partial charge on any atom is 0.124 e. The van der Waals surface area contributed by atoms with Gasteiger partial charge >= 0.3 is 0 Å². The molecule has 1 N–H and O–H groups in total. The molecule has 17 heavy (non-hydrogen) atoms. The number of hydrogen-bond acceptors (Lipinski definition) is 1. The lowest BCUT2D eigenvalue weighted by Gasteiger charge is -2.16. The Labute approximate surface area is 108 Å². The number of benzene rings is 1. The van der Waals surface area contributed by atoms with Crippen LogP contribution in [-0.2, 0) is 6.42 Å². The predicted molar refractivity (Wildman–Crippen MR) is 72.1 cm³/mol. The van der Waals surface area contributed by atoms with E-state index in [-0.39, 0.29) is 5.82 Å². The molecule has 0 bridgehead atoms. The molecular formula is C14H21ClFN. The maximum atomic E-state index is 12.9. The van der Waals surface area contributed by atoms with E-state index in [4.69, 9.17) is 11.6 Å². The molecule has 1 aromatic carbocycles. The molecule has 0 heterocycles. The van der Waals surface area contributed by atoms with E-state index < -0.39 is 0 Å². The summed E-state index contributed by atoms with van der Waals surface area (Å²) >= 11 is 6.03. The third kappa shape index (κ3) is 5.05. The van der Waals surface area contributed by atoms with Gasteiger partial charge in [0.15, 0.2) is 0 Å². The van der Waals surface area contributed by atoms with E-state index in [1.54, 1.807) is 6.07 Å². The van der Waals surface area contributed by atoms with Gasteiger partial charge in [-0.1, -0.05) is 37.9 Å². The highest BCUT2D eigenvalue weighted by Crippen LogP contribution is 2.21. The van der Waals surface area contributed by atoms with Crippen molar-refractivity contribution in [2.75, 3.05) is 13.1 Å². The summed E-state index contributed by atoms with van der Waals surface area (Å²) in [6.07, 6.45) is 3.16. The zero-order valence-corrected chi connectivity index (χ0v) is 11.4. The van der Waals surface area contributed by atoms with Crippen molar-refractivity contribution >= 4 is 11.6 Å². The van der Waals surface area contributed by atoms with Crippen LogP contribution in [0.15, 0.2) is 18.2 Å². The highest BCUT2D eigenvalue weighted by molar-refractivity contribution is 6.31. The monoisotopic (exact) mass is 257 g/mol. The third-order valence-corrected chi connectivity index (χ3v) is 3.31. The summed E-state index contributed by atoms with van der Waals surface area (Å²) in [6, 6.07) is 4.66. The Kier molecular flexibility index (Phi) is 6.53. The lowest BCUT2D eigenvalue weighted by Crippen LogP contribution is -2.24. The molecule has 0 aromatic heterocycles. The number of rotatable bonds is 7. The van der Waals surface area contributed by atoms with Crippen molar-refractivity contribution in [2.24, 2.45) is 5.92 Å². The van der Waals surface area contributed by atoms with E-state index in [1.807, 2.05) is 0 Å². The second kappa shape index (κ2) is 7.67. The lowest BCUT2D eigenvalue weighted by atomic mass is 9.96. The average molecular weight is 258 g/mol. The quantitative estimate of drug-likeness (QED) is 0.727. The fourth-order valence-electron chi connectivity index (χ4n) is 1.84. The first kappa shape index (κ1) is 14.5. The van der Waals surface area contributed by atoms with Gasteiger partial charge in [-0.3, -0.25) is 0 Å². The van der Waals surface area contributed by atoms with Crippen molar-refractivity contribution in [3.05, 3.63) is 34.6 Å². The summed E-state index contributed by atoms with van der Waals surface area (Å²) in [5, 5.41) is 3.96. The number of halogens is 2. The molecule has 0 aliphatic rings. The summed E-state index contributed by atoms with van der Waals surface area (Å²) in [5.74, 6) is 0.292. The average Bonchev–Trinajstić information content (AvgIpc) is 2.31.